The quantitative estimate of drug-likeness (QED) is 0.450. The Hall–Kier alpha value is -2.64. The van der Waals surface area contributed by atoms with Gasteiger partial charge in [-0.1, -0.05) is 0 Å². The Labute approximate surface area is 133 Å². The van der Waals surface area contributed by atoms with E-state index in [1.165, 1.54) is 6.07 Å². The van der Waals surface area contributed by atoms with Crippen molar-refractivity contribution in [2.24, 2.45) is 0 Å². The lowest BCUT2D eigenvalue weighted by atomic mass is 10.1. The van der Waals surface area contributed by atoms with Gasteiger partial charge in [-0.05, 0) is 31.4 Å². The Balaban J connectivity index is 2.07. The third-order valence-electron chi connectivity index (χ3n) is 3.73. The number of carboxylic acids is 1. The van der Waals surface area contributed by atoms with Crippen LogP contribution in [0.1, 0.15) is 36.0 Å². The minimum absolute atomic E-state index is 0.0334. The molecule has 23 heavy (non-hydrogen) atoms. The van der Waals surface area contributed by atoms with Crippen molar-refractivity contribution in [3.8, 4) is 0 Å². The first-order chi connectivity index (χ1) is 11.0. The van der Waals surface area contributed by atoms with E-state index in [2.05, 4.69) is 5.32 Å². The van der Waals surface area contributed by atoms with Gasteiger partial charge in [-0.3, -0.25) is 19.7 Å². The van der Waals surface area contributed by atoms with Gasteiger partial charge >= 0.3 is 5.97 Å². The maximum Gasteiger partial charge on any atom is 0.303 e. The molecule has 1 aromatic rings. The van der Waals surface area contributed by atoms with Crippen LogP contribution in [0.4, 0.5) is 11.4 Å². The van der Waals surface area contributed by atoms with E-state index in [4.69, 9.17) is 5.11 Å². The molecule has 1 aromatic carbocycles. The lowest BCUT2D eigenvalue weighted by molar-refractivity contribution is -0.384. The molecule has 1 heterocycles. The van der Waals surface area contributed by atoms with Gasteiger partial charge < -0.3 is 15.3 Å². The summed E-state index contributed by atoms with van der Waals surface area (Å²) in [5, 5.41) is 22.4. The number of carbonyl (C=O) groups is 2. The molecule has 0 aliphatic carbocycles. The van der Waals surface area contributed by atoms with Crippen molar-refractivity contribution in [1.29, 1.82) is 0 Å². The van der Waals surface area contributed by atoms with Crippen LogP contribution in [-0.2, 0) is 4.79 Å². The normalized spacial score (nSPS) is 13.8. The van der Waals surface area contributed by atoms with Crippen molar-refractivity contribution < 1.29 is 19.6 Å². The number of nitrogens with zero attached hydrogens (tertiary/aromatic N) is 2. The van der Waals surface area contributed by atoms with E-state index in [9.17, 15) is 19.7 Å². The molecule has 1 amide bonds. The van der Waals surface area contributed by atoms with E-state index in [1.807, 2.05) is 4.90 Å². The Kier molecular flexibility index (Phi) is 5.51. The zero-order valence-corrected chi connectivity index (χ0v) is 12.7. The lowest BCUT2D eigenvalue weighted by Gasteiger charge is -2.17. The fourth-order valence-electron chi connectivity index (χ4n) is 2.58. The van der Waals surface area contributed by atoms with Gasteiger partial charge in [-0.2, -0.15) is 0 Å². The highest BCUT2D eigenvalue weighted by Crippen LogP contribution is 2.31. The van der Waals surface area contributed by atoms with Crippen LogP contribution in [0.15, 0.2) is 18.2 Å². The topological polar surface area (TPSA) is 113 Å². The summed E-state index contributed by atoms with van der Waals surface area (Å²) in [5.74, 6) is -1.36. The van der Waals surface area contributed by atoms with E-state index >= 15 is 0 Å². The number of hydrogen-bond acceptors (Lipinski definition) is 5. The van der Waals surface area contributed by atoms with Gasteiger partial charge in [0.1, 0.15) is 5.69 Å². The van der Waals surface area contributed by atoms with Crippen LogP contribution in [0.3, 0.4) is 0 Å². The van der Waals surface area contributed by atoms with Crippen LogP contribution in [0.5, 0.6) is 0 Å². The Bertz CT molecular complexity index is 611. The van der Waals surface area contributed by atoms with E-state index in [-0.39, 0.29) is 24.2 Å². The average molecular weight is 321 g/mol. The third kappa shape index (κ3) is 4.41. The minimum Gasteiger partial charge on any atom is -0.481 e. The second-order valence-corrected chi connectivity index (χ2v) is 5.41. The summed E-state index contributed by atoms with van der Waals surface area (Å²) in [6, 6.07) is 4.45. The van der Waals surface area contributed by atoms with Crippen molar-refractivity contribution in [2.45, 2.75) is 25.7 Å². The summed E-state index contributed by atoms with van der Waals surface area (Å²) in [6.45, 7) is 1.77. The minimum atomic E-state index is -0.926. The van der Waals surface area contributed by atoms with Crippen LogP contribution in [-0.4, -0.2) is 41.5 Å². The highest BCUT2D eigenvalue weighted by molar-refractivity contribution is 5.95. The van der Waals surface area contributed by atoms with Crippen molar-refractivity contribution in [3.63, 3.8) is 0 Å². The van der Waals surface area contributed by atoms with Gasteiger partial charge in [0, 0.05) is 37.7 Å². The van der Waals surface area contributed by atoms with Crippen molar-refractivity contribution in [3.05, 3.63) is 33.9 Å². The number of aliphatic carboxylic acids is 1. The molecule has 0 aromatic heterocycles. The molecule has 1 aliphatic heterocycles. The molecular weight excluding hydrogens is 302 g/mol. The third-order valence-corrected chi connectivity index (χ3v) is 3.73. The largest absolute Gasteiger partial charge is 0.481 e. The second kappa shape index (κ2) is 7.57. The highest BCUT2D eigenvalue weighted by Gasteiger charge is 2.23. The van der Waals surface area contributed by atoms with E-state index in [0.29, 0.717) is 12.1 Å². The summed E-state index contributed by atoms with van der Waals surface area (Å²) >= 11 is 0. The second-order valence-electron chi connectivity index (χ2n) is 5.41. The van der Waals surface area contributed by atoms with Gasteiger partial charge in [0.15, 0.2) is 0 Å². The van der Waals surface area contributed by atoms with Crippen molar-refractivity contribution >= 4 is 23.3 Å². The molecule has 1 aliphatic rings. The number of carbonyl (C=O) groups excluding carboxylic acids is 1. The Morgan fingerprint density at radius 3 is 2.61 bits per heavy atom. The predicted octanol–water partition coefficient (Wildman–Crippen LogP) is 1.79. The first-order valence-electron chi connectivity index (χ1n) is 7.52. The van der Waals surface area contributed by atoms with Gasteiger partial charge in [-0.25, -0.2) is 0 Å². The molecule has 0 atom stereocenters. The maximum atomic E-state index is 12.0. The first-order valence-corrected chi connectivity index (χ1v) is 7.52. The molecule has 8 nitrogen and oxygen atoms in total. The lowest BCUT2D eigenvalue weighted by Crippen LogP contribution is -2.25. The molecule has 0 unspecified atom stereocenters. The number of nitrogens with one attached hydrogen (secondary N) is 1. The Morgan fingerprint density at radius 1 is 1.30 bits per heavy atom. The van der Waals surface area contributed by atoms with Crippen LogP contribution in [0, 0.1) is 10.1 Å². The fraction of sp³-hybridized carbons (Fsp3) is 0.467. The number of anilines is 1. The summed E-state index contributed by atoms with van der Waals surface area (Å²) in [5.41, 5.74) is 0.662. The van der Waals surface area contributed by atoms with Gasteiger partial charge in [0.25, 0.3) is 11.6 Å². The standard InChI is InChI=1S/C15H19N3O5/c19-14(20)4-3-7-16-15(21)11-5-6-12(13(10-11)18(22)23)17-8-1-2-9-17/h5-6,10H,1-4,7-9H2,(H,16,21)(H,19,20). The van der Waals surface area contributed by atoms with Crippen LogP contribution >= 0.6 is 0 Å². The molecule has 1 fully saturated rings. The van der Waals surface area contributed by atoms with Crippen LogP contribution < -0.4 is 10.2 Å². The van der Waals surface area contributed by atoms with Gasteiger partial charge in [0.05, 0.1) is 4.92 Å². The molecule has 8 heteroatoms. The summed E-state index contributed by atoms with van der Waals surface area (Å²) < 4.78 is 0. The number of benzene rings is 1. The van der Waals surface area contributed by atoms with Crippen molar-refractivity contribution in [2.75, 3.05) is 24.5 Å². The molecule has 0 spiro atoms. The predicted molar refractivity (Wildman–Crippen MR) is 83.7 cm³/mol. The number of nitro benzene ring substituents is 1. The molecule has 2 N–H and O–H groups in total. The number of amides is 1. The van der Waals surface area contributed by atoms with Gasteiger partial charge in [0.2, 0.25) is 0 Å². The molecule has 0 saturated carbocycles. The molecule has 124 valence electrons. The first kappa shape index (κ1) is 16.7. The SMILES string of the molecule is O=C(O)CCCNC(=O)c1ccc(N2CCCC2)c([N+](=O)[O-])c1. The fourth-order valence-corrected chi connectivity index (χ4v) is 2.58. The Morgan fingerprint density at radius 2 is 2.00 bits per heavy atom. The summed E-state index contributed by atoms with van der Waals surface area (Å²) in [6.07, 6.45) is 2.29. The molecule has 2 rings (SSSR count). The maximum absolute atomic E-state index is 12.0. The molecule has 0 bridgehead atoms. The summed E-state index contributed by atoms with van der Waals surface area (Å²) in [7, 11) is 0. The average Bonchev–Trinajstić information content (AvgIpc) is 3.04. The zero-order valence-electron chi connectivity index (χ0n) is 12.7. The number of nitro groups is 1. The van der Waals surface area contributed by atoms with Gasteiger partial charge in [-0.15, -0.1) is 0 Å². The molecule has 1 saturated heterocycles. The van der Waals surface area contributed by atoms with E-state index in [1.54, 1.807) is 12.1 Å². The van der Waals surface area contributed by atoms with E-state index in [0.717, 1.165) is 25.9 Å². The number of hydrogen-bond donors (Lipinski definition) is 2. The van der Waals surface area contributed by atoms with Crippen molar-refractivity contribution in [1.82, 2.24) is 5.32 Å². The smallest absolute Gasteiger partial charge is 0.303 e. The van der Waals surface area contributed by atoms with Crippen LogP contribution in [0.2, 0.25) is 0 Å². The zero-order chi connectivity index (χ0) is 16.8. The highest BCUT2D eigenvalue weighted by atomic mass is 16.6. The molecule has 0 radical (unpaired) electrons. The van der Waals surface area contributed by atoms with E-state index < -0.39 is 16.8 Å². The number of rotatable bonds is 7. The summed E-state index contributed by atoms with van der Waals surface area (Å²) in [4.78, 5) is 35.2. The van der Waals surface area contributed by atoms with Crippen LogP contribution in [0.25, 0.3) is 0 Å². The number of carboxylic acid groups (broad SMARTS) is 1. The monoisotopic (exact) mass is 321 g/mol. The molecular formula is C15H19N3O5.